The van der Waals surface area contributed by atoms with E-state index in [-0.39, 0.29) is 36.8 Å². The molecule has 0 spiro atoms. The van der Waals surface area contributed by atoms with Crippen LogP contribution in [-0.4, -0.2) is 35.4 Å². The first-order chi connectivity index (χ1) is 11.2. The molecule has 0 aliphatic carbocycles. The van der Waals surface area contributed by atoms with Crippen molar-refractivity contribution in [2.75, 3.05) is 19.6 Å². The van der Waals surface area contributed by atoms with Gasteiger partial charge in [-0.2, -0.15) is 0 Å². The number of rotatable bonds is 3. The van der Waals surface area contributed by atoms with E-state index in [0.717, 1.165) is 25.2 Å². The number of pyridine rings is 1. The highest BCUT2D eigenvalue weighted by atomic mass is 35.5. The third kappa shape index (κ3) is 4.94. The van der Waals surface area contributed by atoms with Gasteiger partial charge in [0.15, 0.2) is 0 Å². The van der Waals surface area contributed by atoms with Gasteiger partial charge < -0.3 is 10.2 Å². The number of carbonyl (C=O) groups excluding carboxylic acids is 1. The van der Waals surface area contributed by atoms with Gasteiger partial charge in [0.05, 0.1) is 6.04 Å². The monoisotopic (exact) mass is 381 g/mol. The minimum atomic E-state index is 0. The summed E-state index contributed by atoms with van der Waals surface area (Å²) in [5.41, 5.74) is 3.89. The third-order valence-electron chi connectivity index (χ3n) is 4.38. The lowest BCUT2D eigenvalue weighted by Gasteiger charge is -2.36. The van der Waals surface area contributed by atoms with Gasteiger partial charge in [0, 0.05) is 25.3 Å². The third-order valence-corrected chi connectivity index (χ3v) is 4.38. The minimum Gasteiger partial charge on any atom is -0.328 e. The molecular formula is C19H25Cl2N3O. The van der Waals surface area contributed by atoms with Crippen molar-refractivity contribution in [3.05, 3.63) is 65.0 Å². The first-order valence-corrected chi connectivity index (χ1v) is 8.23. The van der Waals surface area contributed by atoms with Gasteiger partial charge in [-0.1, -0.05) is 37.3 Å². The Hall–Kier alpha value is -1.62. The number of aromatic nitrogens is 1. The molecule has 1 N–H and O–H groups in total. The van der Waals surface area contributed by atoms with Crippen molar-refractivity contribution >= 4 is 30.7 Å². The number of hydrogen-bond acceptors (Lipinski definition) is 3. The molecule has 0 radical (unpaired) electrons. The van der Waals surface area contributed by atoms with Crippen molar-refractivity contribution < 1.29 is 4.79 Å². The van der Waals surface area contributed by atoms with Crippen molar-refractivity contribution in [3.63, 3.8) is 0 Å². The summed E-state index contributed by atoms with van der Waals surface area (Å²) in [6.07, 6.45) is 1.03. The highest BCUT2D eigenvalue weighted by Crippen LogP contribution is 2.24. The fourth-order valence-electron chi connectivity index (χ4n) is 3.03. The Balaban J connectivity index is 0.00000156. The lowest BCUT2D eigenvalue weighted by atomic mass is 10.0. The van der Waals surface area contributed by atoms with Gasteiger partial charge in [0.1, 0.15) is 5.69 Å². The standard InChI is InChI=1S/C19H23N3O.2ClH/c1-3-15-7-9-16(10-8-15)18-13-20-11-12-22(18)19(23)17-6-4-5-14(2)21-17;;/h4-10,18,20H,3,11-13H2,1-2H3;2*1H. The largest absolute Gasteiger partial charge is 0.328 e. The Labute approximate surface area is 161 Å². The predicted molar refractivity (Wildman–Crippen MR) is 106 cm³/mol. The molecule has 3 rings (SSSR count). The molecule has 1 unspecified atom stereocenters. The van der Waals surface area contributed by atoms with E-state index in [1.807, 2.05) is 24.0 Å². The number of carbonyl (C=O) groups is 1. The van der Waals surface area contributed by atoms with Gasteiger partial charge in [-0.15, -0.1) is 24.8 Å². The van der Waals surface area contributed by atoms with Gasteiger partial charge in [-0.3, -0.25) is 4.79 Å². The summed E-state index contributed by atoms with van der Waals surface area (Å²) in [5.74, 6) is 0.0137. The average Bonchev–Trinajstić information content (AvgIpc) is 2.61. The van der Waals surface area contributed by atoms with Crippen molar-refractivity contribution in [1.82, 2.24) is 15.2 Å². The van der Waals surface area contributed by atoms with E-state index in [2.05, 4.69) is 41.5 Å². The fourth-order valence-corrected chi connectivity index (χ4v) is 3.03. The summed E-state index contributed by atoms with van der Waals surface area (Å²) in [7, 11) is 0. The number of piperazine rings is 1. The molecule has 6 heteroatoms. The van der Waals surface area contributed by atoms with E-state index in [1.54, 1.807) is 6.07 Å². The first-order valence-electron chi connectivity index (χ1n) is 8.23. The molecule has 0 saturated carbocycles. The van der Waals surface area contributed by atoms with Crippen LogP contribution >= 0.6 is 24.8 Å². The number of nitrogens with one attached hydrogen (secondary N) is 1. The smallest absolute Gasteiger partial charge is 0.273 e. The molecule has 1 aliphatic heterocycles. The number of amides is 1. The maximum absolute atomic E-state index is 12.9. The molecule has 136 valence electrons. The summed E-state index contributed by atoms with van der Waals surface area (Å²) in [6.45, 7) is 6.37. The zero-order valence-corrected chi connectivity index (χ0v) is 16.2. The summed E-state index contributed by atoms with van der Waals surface area (Å²) in [4.78, 5) is 19.2. The van der Waals surface area contributed by atoms with Crippen LogP contribution in [-0.2, 0) is 6.42 Å². The number of aryl methyl sites for hydroxylation is 2. The van der Waals surface area contributed by atoms with E-state index in [1.165, 1.54) is 11.1 Å². The Morgan fingerprint density at radius 1 is 1.20 bits per heavy atom. The van der Waals surface area contributed by atoms with Crippen LogP contribution < -0.4 is 5.32 Å². The zero-order chi connectivity index (χ0) is 16.2. The SMILES string of the molecule is CCc1ccc(C2CNCCN2C(=O)c2cccc(C)n2)cc1.Cl.Cl. The molecule has 1 atom stereocenters. The molecule has 4 nitrogen and oxygen atoms in total. The second kappa shape index (κ2) is 9.76. The van der Waals surface area contributed by atoms with Gasteiger partial charge in [-0.05, 0) is 36.6 Å². The Morgan fingerprint density at radius 2 is 1.92 bits per heavy atom. The van der Waals surface area contributed by atoms with Crippen molar-refractivity contribution in [2.24, 2.45) is 0 Å². The van der Waals surface area contributed by atoms with E-state index < -0.39 is 0 Å². The van der Waals surface area contributed by atoms with E-state index >= 15 is 0 Å². The normalized spacial score (nSPS) is 16.6. The molecule has 2 heterocycles. The first kappa shape index (κ1) is 21.4. The molecule has 1 aromatic carbocycles. The summed E-state index contributed by atoms with van der Waals surface area (Å²) in [6, 6.07) is 14.2. The molecule has 2 aromatic rings. The molecule has 0 bridgehead atoms. The van der Waals surface area contributed by atoms with Crippen LogP contribution in [0.25, 0.3) is 0 Å². The summed E-state index contributed by atoms with van der Waals surface area (Å²) < 4.78 is 0. The molecule has 1 aliphatic rings. The van der Waals surface area contributed by atoms with Gasteiger partial charge in [-0.25, -0.2) is 4.98 Å². The van der Waals surface area contributed by atoms with Crippen LogP contribution in [0.15, 0.2) is 42.5 Å². The van der Waals surface area contributed by atoms with Crippen LogP contribution in [0.4, 0.5) is 0 Å². The fraction of sp³-hybridized carbons (Fsp3) is 0.368. The van der Waals surface area contributed by atoms with Crippen LogP contribution in [0.5, 0.6) is 0 Å². The van der Waals surface area contributed by atoms with E-state index in [4.69, 9.17) is 0 Å². The number of halogens is 2. The second-order valence-corrected chi connectivity index (χ2v) is 5.98. The van der Waals surface area contributed by atoms with Crippen LogP contribution in [0.3, 0.4) is 0 Å². The van der Waals surface area contributed by atoms with Gasteiger partial charge in [0.25, 0.3) is 5.91 Å². The van der Waals surface area contributed by atoms with Crippen LogP contribution in [0.2, 0.25) is 0 Å². The maximum atomic E-state index is 12.9. The molecule has 1 aromatic heterocycles. The minimum absolute atomic E-state index is 0. The molecule has 25 heavy (non-hydrogen) atoms. The Kier molecular flexibility index (Phi) is 8.36. The molecule has 1 fully saturated rings. The van der Waals surface area contributed by atoms with E-state index in [9.17, 15) is 4.79 Å². The van der Waals surface area contributed by atoms with Gasteiger partial charge in [0.2, 0.25) is 0 Å². The molecule has 1 saturated heterocycles. The predicted octanol–water partition coefficient (Wildman–Crippen LogP) is 3.58. The van der Waals surface area contributed by atoms with E-state index in [0.29, 0.717) is 12.2 Å². The highest BCUT2D eigenvalue weighted by molar-refractivity contribution is 5.92. The lowest BCUT2D eigenvalue weighted by Crippen LogP contribution is -2.48. The highest BCUT2D eigenvalue weighted by Gasteiger charge is 2.29. The Morgan fingerprint density at radius 3 is 2.56 bits per heavy atom. The summed E-state index contributed by atoms with van der Waals surface area (Å²) >= 11 is 0. The maximum Gasteiger partial charge on any atom is 0.273 e. The number of benzene rings is 1. The topological polar surface area (TPSA) is 45.2 Å². The van der Waals surface area contributed by atoms with Crippen molar-refractivity contribution in [2.45, 2.75) is 26.3 Å². The van der Waals surface area contributed by atoms with Gasteiger partial charge >= 0.3 is 0 Å². The molecular weight excluding hydrogens is 357 g/mol. The number of hydrogen-bond donors (Lipinski definition) is 1. The van der Waals surface area contributed by atoms with Crippen LogP contribution in [0.1, 0.15) is 40.3 Å². The van der Waals surface area contributed by atoms with Crippen LogP contribution in [0, 0.1) is 6.92 Å². The van der Waals surface area contributed by atoms with Crippen molar-refractivity contribution in [3.8, 4) is 0 Å². The lowest BCUT2D eigenvalue weighted by molar-refractivity contribution is 0.0628. The molecule has 1 amide bonds. The summed E-state index contributed by atoms with van der Waals surface area (Å²) in [5, 5.41) is 3.40. The second-order valence-electron chi connectivity index (χ2n) is 5.98. The number of nitrogens with zero attached hydrogens (tertiary/aromatic N) is 2. The quantitative estimate of drug-likeness (QED) is 0.883. The zero-order valence-electron chi connectivity index (χ0n) is 14.6. The average molecular weight is 382 g/mol. The van der Waals surface area contributed by atoms with Crippen molar-refractivity contribution in [1.29, 1.82) is 0 Å². The Bertz CT molecular complexity index is 691.